The number of aromatic nitrogens is 1. The van der Waals surface area contributed by atoms with Gasteiger partial charge in [-0.05, 0) is 33.6 Å². The van der Waals surface area contributed by atoms with Crippen LogP contribution in [0.4, 0.5) is 0 Å². The third-order valence-electron chi connectivity index (χ3n) is 4.67. The first-order valence-electron chi connectivity index (χ1n) is 8.79. The van der Waals surface area contributed by atoms with Crippen LogP contribution in [-0.2, 0) is 21.6 Å². The lowest BCUT2D eigenvalue weighted by atomic mass is 9.84. The van der Waals surface area contributed by atoms with Crippen LogP contribution in [0.25, 0.3) is 11.3 Å². The van der Waals surface area contributed by atoms with Gasteiger partial charge in [-0.15, -0.1) is 0 Å². The molecule has 1 aliphatic heterocycles. The molecule has 0 amide bonds. The monoisotopic (exact) mass is 468 g/mol. The molecule has 4 rings (SSSR count). The molecule has 0 saturated carbocycles. The highest BCUT2D eigenvalue weighted by Gasteiger charge is 2.31. The van der Waals surface area contributed by atoms with E-state index in [1.54, 1.807) is 36.7 Å². The molecule has 2 atom stereocenters. The first-order chi connectivity index (χ1) is 14.1. The maximum absolute atomic E-state index is 12.2. The predicted molar refractivity (Wildman–Crippen MR) is 114 cm³/mol. The summed E-state index contributed by atoms with van der Waals surface area (Å²) in [6, 6.07) is 16.4. The molecule has 0 fully saturated rings. The zero-order valence-electron chi connectivity index (χ0n) is 15.1. The second-order valence-electron chi connectivity index (χ2n) is 6.53. The first-order valence-corrected chi connectivity index (χ1v) is 10.8. The van der Waals surface area contributed by atoms with Crippen molar-refractivity contribution in [1.29, 1.82) is 0 Å². The fraction of sp³-hybridized carbons (Fsp3) is 0.0909. The first kappa shape index (κ1) is 19.7. The minimum absolute atomic E-state index is 0.0532. The van der Waals surface area contributed by atoms with Crippen LogP contribution in [0.1, 0.15) is 28.2 Å². The van der Waals surface area contributed by atoms with Crippen LogP contribution >= 0.6 is 15.9 Å². The number of benzene rings is 2. The Hall–Kier alpha value is -2.61. The van der Waals surface area contributed by atoms with E-state index in [2.05, 4.69) is 20.9 Å². The summed E-state index contributed by atoms with van der Waals surface area (Å²) in [5.41, 5.74) is 3.70. The minimum atomic E-state index is -2.16. The summed E-state index contributed by atoms with van der Waals surface area (Å²) < 4.78 is 28.9. The van der Waals surface area contributed by atoms with Crippen molar-refractivity contribution in [3.8, 4) is 5.75 Å². The molecule has 0 N–H and O–H groups in total. The standard InChI is InChI=1S/C22H16BrNO4S/c23-17-9-16(10-24-11-17)21-19(12-25)18-3-1-2-4-20(18)28-22(21)15-7-5-14(6-8-15)13-29(26)27/h1-12,19H,13H2,(H,26,27)/p-1. The molecule has 7 heteroatoms. The second-order valence-corrected chi connectivity index (χ2v) is 8.35. The molecule has 0 saturated heterocycles. The number of carbonyl (C=O) groups excluding carboxylic acids is 1. The fourth-order valence-electron chi connectivity index (χ4n) is 3.41. The number of para-hydroxylation sites is 1. The number of allylic oxidation sites excluding steroid dienone is 1. The van der Waals surface area contributed by atoms with E-state index in [9.17, 15) is 13.6 Å². The lowest BCUT2D eigenvalue weighted by molar-refractivity contribution is -0.108. The fourth-order valence-corrected chi connectivity index (χ4v) is 4.24. The van der Waals surface area contributed by atoms with Gasteiger partial charge in [0.25, 0.3) is 0 Å². The molecule has 0 spiro atoms. The van der Waals surface area contributed by atoms with Gasteiger partial charge in [-0.3, -0.25) is 9.19 Å². The summed E-state index contributed by atoms with van der Waals surface area (Å²) >= 11 is 1.28. The normalized spacial score (nSPS) is 16.7. The number of ether oxygens (including phenoxy) is 1. The quantitative estimate of drug-likeness (QED) is 0.407. The van der Waals surface area contributed by atoms with Crippen molar-refractivity contribution >= 4 is 44.6 Å². The summed E-state index contributed by atoms with van der Waals surface area (Å²) in [5.74, 6) is 0.606. The maximum Gasteiger partial charge on any atom is 0.139 e. The van der Waals surface area contributed by atoms with Crippen molar-refractivity contribution < 1.29 is 18.3 Å². The van der Waals surface area contributed by atoms with Crippen LogP contribution in [0, 0.1) is 0 Å². The highest BCUT2D eigenvalue weighted by molar-refractivity contribution is 9.10. The molecule has 2 aromatic carbocycles. The zero-order chi connectivity index (χ0) is 20.4. The van der Waals surface area contributed by atoms with Gasteiger partial charge in [-0.25, -0.2) is 0 Å². The Balaban J connectivity index is 1.90. The summed E-state index contributed by atoms with van der Waals surface area (Å²) in [6.07, 6.45) is 4.28. The van der Waals surface area contributed by atoms with Crippen molar-refractivity contribution in [3.63, 3.8) is 0 Å². The predicted octanol–water partition coefficient (Wildman–Crippen LogP) is 4.47. The van der Waals surface area contributed by atoms with E-state index in [4.69, 9.17) is 4.74 Å². The average molecular weight is 469 g/mol. The van der Waals surface area contributed by atoms with Crippen molar-refractivity contribution in [2.24, 2.45) is 0 Å². The van der Waals surface area contributed by atoms with Crippen LogP contribution in [0.2, 0.25) is 0 Å². The number of carbonyl (C=O) groups is 1. The number of hydrogen-bond acceptors (Lipinski definition) is 5. The van der Waals surface area contributed by atoms with Gasteiger partial charge in [0.1, 0.15) is 17.8 Å². The maximum atomic E-state index is 12.2. The van der Waals surface area contributed by atoms with E-state index in [-0.39, 0.29) is 5.75 Å². The number of aldehydes is 1. The number of hydrogen-bond donors (Lipinski definition) is 0. The van der Waals surface area contributed by atoms with Gasteiger partial charge >= 0.3 is 0 Å². The Morgan fingerprint density at radius 1 is 1.10 bits per heavy atom. The van der Waals surface area contributed by atoms with E-state index in [0.29, 0.717) is 22.6 Å². The molecule has 29 heavy (non-hydrogen) atoms. The molecular weight excluding hydrogens is 454 g/mol. The van der Waals surface area contributed by atoms with Gasteiger partial charge in [0.2, 0.25) is 0 Å². The van der Waals surface area contributed by atoms with Crippen molar-refractivity contribution in [3.05, 3.63) is 93.7 Å². The van der Waals surface area contributed by atoms with Gasteiger partial charge in [-0.1, -0.05) is 53.5 Å². The Kier molecular flexibility index (Phi) is 5.71. The van der Waals surface area contributed by atoms with Crippen LogP contribution in [0.5, 0.6) is 5.75 Å². The molecule has 2 unspecified atom stereocenters. The molecular formula is C22H15BrNO4S-. The number of pyridine rings is 1. The number of halogens is 1. The molecule has 2 heterocycles. The van der Waals surface area contributed by atoms with E-state index >= 15 is 0 Å². The molecule has 5 nitrogen and oxygen atoms in total. The van der Waals surface area contributed by atoms with E-state index in [1.165, 1.54) is 0 Å². The number of rotatable bonds is 5. The van der Waals surface area contributed by atoms with Crippen molar-refractivity contribution in [2.75, 3.05) is 0 Å². The van der Waals surface area contributed by atoms with E-state index in [1.807, 2.05) is 30.3 Å². The Morgan fingerprint density at radius 2 is 1.86 bits per heavy atom. The Bertz CT molecular complexity index is 1130. The molecule has 0 radical (unpaired) electrons. The zero-order valence-corrected chi connectivity index (χ0v) is 17.5. The Labute approximate surface area is 178 Å². The van der Waals surface area contributed by atoms with Gasteiger partial charge in [0.05, 0.1) is 5.92 Å². The summed E-state index contributed by atoms with van der Waals surface area (Å²) in [4.78, 5) is 16.4. The molecule has 146 valence electrons. The molecule has 3 aromatic rings. The summed E-state index contributed by atoms with van der Waals surface area (Å²) in [7, 11) is 0. The van der Waals surface area contributed by atoms with Crippen LogP contribution in [0.15, 0.2) is 71.5 Å². The van der Waals surface area contributed by atoms with E-state index in [0.717, 1.165) is 27.4 Å². The largest absolute Gasteiger partial charge is 0.772 e. The SMILES string of the molecule is O=CC1C(c2cncc(Br)c2)=C(c2ccc(CS(=O)[O-])cc2)Oc2ccccc21. The minimum Gasteiger partial charge on any atom is -0.772 e. The summed E-state index contributed by atoms with van der Waals surface area (Å²) in [5, 5.41) is 0. The molecule has 0 aliphatic carbocycles. The molecule has 0 bridgehead atoms. The smallest absolute Gasteiger partial charge is 0.139 e. The summed E-state index contributed by atoms with van der Waals surface area (Å²) in [6.45, 7) is 0. The van der Waals surface area contributed by atoms with E-state index < -0.39 is 17.0 Å². The van der Waals surface area contributed by atoms with Crippen molar-refractivity contribution in [1.82, 2.24) is 4.98 Å². The van der Waals surface area contributed by atoms with Crippen LogP contribution in [0.3, 0.4) is 0 Å². The van der Waals surface area contributed by atoms with Crippen LogP contribution in [-0.4, -0.2) is 20.0 Å². The topological polar surface area (TPSA) is 79.3 Å². The lowest BCUT2D eigenvalue weighted by Gasteiger charge is -2.28. The Morgan fingerprint density at radius 3 is 2.55 bits per heavy atom. The number of fused-ring (bicyclic) bond motifs is 1. The third kappa shape index (κ3) is 4.07. The van der Waals surface area contributed by atoms with Crippen molar-refractivity contribution in [2.45, 2.75) is 11.7 Å². The highest BCUT2D eigenvalue weighted by atomic mass is 79.9. The number of nitrogens with zero attached hydrogens (tertiary/aromatic N) is 1. The highest BCUT2D eigenvalue weighted by Crippen LogP contribution is 2.45. The average Bonchev–Trinajstić information content (AvgIpc) is 2.72. The van der Waals surface area contributed by atoms with Gasteiger partial charge < -0.3 is 14.1 Å². The van der Waals surface area contributed by atoms with Gasteiger partial charge in [0, 0.05) is 44.9 Å². The lowest BCUT2D eigenvalue weighted by Crippen LogP contribution is -2.16. The molecule has 1 aromatic heterocycles. The van der Waals surface area contributed by atoms with Gasteiger partial charge in [0.15, 0.2) is 0 Å². The third-order valence-corrected chi connectivity index (χ3v) is 5.68. The van der Waals surface area contributed by atoms with Crippen LogP contribution < -0.4 is 4.74 Å². The van der Waals surface area contributed by atoms with Gasteiger partial charge in [-0.2, -0.15) is 0 Å². The second kappa shape index (κ2) is 8.41. The molecule has 1 aliphatic rings.